The molecule has 8 nitrogen and oxygen atoms in total. The van der Waals surface area contributed by atoms with Gasteiger partial charge in [-0.15, -0.1) is 0 Å². The quantitative estimate of drug-likeness (QED) is 0.528. The third-order valence-corrected chi connectivity index (χ3v) is 7.38. The predicted molar refractivity (Wildman–Crippen MR) is 123 cm³/mol. The minimum Gasteiger partial charge on any atom is -0.452 e. The highest BCUT2D eigenvalue weighted by molar-refractivity contribution is 7.89. The number of ether oxygens (including phenoxy) is 1. The zero-order chi connectivity index (χ0) is 24.6. The number of hydrogen-bond donors (Lipinski definition) is 0. The highest BCUT2D eigenvalue weighted by atomic mass is 32.2. The normalized spacial score (nSPS) is 14.6. The zero-order valence-corrected chi connectivity index (χ0v) is 19.5. The van der Waals surface area contributed by atoms with Crippen molar-refractivity contribution in [3.8, 4) is 6.07 Å². The van der Waals surface area contributed by atoms with Crippen LogP contribution in [-0.2, 0) is 19.6 Å². The van der Waals surface area contributed by atoms with Crippen molar-refractivity contribution in [1.82, 2.24) is 4.31 Å². The number of hydrogen-bond acceptors (Lipinski definition) is 6. The molecule has 2 aromatic carbocycles. The molecule has 0 bridgehead atoms. The van der Waals surface area contributed by atoms with Gasteiger partial charge in [0.2, 0.25) is 10.0 Å². The second-order valence-electron chi connectivity index (χ2n) is 7.85. The molecular weight excluding hydrogens is 461 g/mol. The smallest absolute Gasteiger partial charge is 0.338 e. The number of nitriles is 1. The summed E-state index contributed by atoms with van der Waals surface area (Å²) in [6, 6.07) is 12.7. The first-order valence-corrected chi connectivity index (χ1v) is 12.5. The molecule has 0 spiro atoms. The molecule has 3 rings (SSSR count). The van der Waals surface area contributed by atoms with Gasteiger partial charge < -0.3 is 9.64 Å². The number of carbonyl (C=O) groups excluding carboxylic acids is 2. The second kappa shape index (κ2) is 11.7. The van der Waals surface area contributed by atoms with E-state index in [2.05, 4.69) is 0 Å². The summed E-state index contributed by atoms with van der Waals surface area (Å²) >= 11 is 0. The fourth-order valence-corrected chi connectivity index (χ4v) is 5.25. The van der Waals surface area contributed by atoms with E-state index in [0.29, 0.717) is 18.8 Å². The average molecular weight is 488 g/mol. The van der Waals surface area contributed by atoms with Gasteiger partial charge in [0.15, 0.2) is 6.61 Å². The van der Waals surface area contributed by atoms with Crippen LogP contribution < -0.4 is 4.90 Å². The summed E-state index contributed by atoms with van der Waals surface area (Å²) in [5, 5.41) is 8.87. The lowest BCUT2D eigenvalue weighted by Gasteiger charge is -2.22. The van der Waals surface area contributed by atoms with Gasteiger partial charge in [-0.1, -0.05) is 18.9 Å². The number of anilines is 1. The van der Waals surface area contributed by atoms with Crippen molar-refractivity contribution in [3.05, 3.63) is 59.9 Å². The fraction of sp³-hybridized carbons (Fsp3) is 0.375. The van der Waals surface area contributed by atoms with E-state index in [1.54, 1.807) is 0 Å². The number of benzene rings is 2. The van der Waals surface area contributed by atoms with Crippen LogP contribution in [0.5, 0.6) is 0 Å². The molecule has 180 valence electrons. The highest BCUT2D eigenvalue weighted by Crippen LogP contribution is 2.22. The molecule has 1 amide bonds. The highest BCUT2D eigenvalue weighted by Gasteiger charge is 2.26. The summed E-state index contributed by atoms with van der Waals surface area (Å²) in [5.74, 6) is -1.91. The number of halogens is 1. The Balaban J connectivity index is 1.69. The molecule has 0 radical (unpaired) electrons. The van der Waals surface area contributed by atoms with Gasteiger partial charge in [-0.25, -0.2) is 17.6 Å². The van der Waals surface area contributed by atoms with E-state index in [1.807, 2.05) is 6.07 Å². The first kappa shape index (κ1) is 25.3. The molecular formula is C24H26FN3O5S. The lowest BCUT2D eigenvalue weighted by molar-refractivity contribution is -0.121. The maximum absolute atomic E-state index is 13.2. The summed E-state index contributed by atoms with van der Waals surface area (Å²) in [5.41, 5.74) is 0.372. The van der Waals surface area contributed by atoms with E-state index in [-0.39, 0.29) is 23.4 Å². The van der Waals surface area contributed by atoms with Gasteiger partial charge in [0.05, 0.1) is 22.9 Å². The molecule has 1 fully saturated rings. The third-order valence-electron chi connectivity index (χ3n) is 5.49. The Labute approximate surface area is 198 Å². The van der Waals surface area contributed by atoms with Crippen molar-refractivity contribution in [3.63, 3.8) is 0 Å². The zero-order valence-electron chi connectivity index (χ0n) is 18.7. The summed E-state index contributed by atoms with van der Waals surface area (Å²) < 4.78 is 45.8. The molecule has 1 heterocycles. The third kappa shape index (κ3) is 6.40. The number of rotatable bonds is 8. The molecule has 2 aromatic rings. The lowest BCUT2D eigenvalue weighted by atomic mass is 10.2. The molecule has 0 N–H and O–H groups in total. The van der Waals surface area contributed by atoms with E-state index in [0.717, 1.165) is 25.7 Å². The van der Waals surface area contributed by atoms with E-state index in [9.17, 15) is 22.4 Å². The van der Waals surface area contributed by atoms with Gasteiger partial charge in [0.1, 0.15) is 5.82 Å². The van der Waals surface area contributed by atoms with Gasteiger partial charge in [-0.05, 0) is 55.3 Å². The standard InChI is InChI=1S/C24H26FN3O5S/c25-20-9-11-21(12-10-20)28(16-6-13-26)23(29)18-33-24(30)19-7-5-8-22(17-19)34(31,32)27-14-3-1-2-4-15-27/h5,7-12,17H,1-4,6,14-16,18H2. The molecule has 0 saturated carbocycles. The molecule has 1 saturated heterocycles. The maximum atomic E-state index is 13.2. The van der Waals surface area contributed by atoms with Crippen LogP contribution in [0, 0.1) is 17.1 Å². The van der Waals surface area contributed by atoms with Crippen molar-refractivity contribution in [2.45, 2.75) is 37.0 Å². The first-order valence-electron chi connectivity index (χ1n) is 11.0. The number of nitrogens with zero attached hydrogens (tertiary/aromatic N) is 3. The Hall–Kier alpha value is -3.29. The average Bonchev–Trinajstić information content (AvgIpc) is 3.14. The molecule has 10 heteroatoms. The van der Waals surface area contributed by atoms with Crippen LogP contribution in [0.25, 0.3) is 0 Å². The SMILES string of the molecule is N#CCCN(C(=O)COC(=O)c1cccc(S(=O)(=O)N2CCCCCC2)c1)c1ccc(F)cc1. The molecule has 0 atom stereocenters. The Morgan fingerprint density at radius 1 is 1.06 bits per heavy atom. The number of sulfonamides is 1. The number of amides is 1. The molecule has 1 aliphatic heterocycles. The largest absolute Gasteiger partial charge is 0.452 e. The molecule has 0 aliphatic carbocycles. The molecule has 34 heavy (non-hydrogen) atoms. The Morgan fingerprint density at radius 3 is 2.38 bits per heavy atom. The van der Waals surface area contributed by atoms with Gasteiger partial charge in [0.25, 0.3) is 5.91 Å². The Bertz CT molecular complexity index is 1150. The van der Waals surface area contributed by atoms with Gasteiger partial charge in [-0.3, -0.25) is 4.79 Å². The summed E-state index contributed by atoms with van der Waals surface area (Å²) in [4.78, 5) is 26.5. The van der Waals surface area contributed by atoms with E-state index in [1.165, 1.54) is 57.7 Å². The summed E-state index contributed by atoms with van der Waals surface area (Å²) in [6.45, 7) is 0.299. The lowest BCUT2D eigenvalue weighted by Crippen LogP contribution is -2.35. The van der Waals surface area contributed by atoms with E-state index >= 15 is 0 Å². The van der Waals surface area contributed by atoms with E-state index < -0.39 is 34.3 Å². The topological polar surface area (TPSA) is 108 Å². The fourth-order valence-electron chi connectivity index (χ4n) is 3.68. The van der Waals surface area contributed by atoms with E-state index in [4.69, 9.17) is 10.00 Å². The summed E-state index contributed by atoms with van der Waals surface area (Å²) in [6.07, 6.45) is 3.58. The van der Waals surface area contributed by atoms with Crippen LogP contribution in [0.2, 0.25) is 0 Å². The van der Waals surface area contributed by atoms with Gasteiger partial charge >= 0.3 is 5.97 Å². The Kier molecular flexibility index (Phi) is 8.73. The minimum absolute atomic E-state index is 0.00265. The van der Waals surface area contributed by atoms with Crippen LogP contribution in [0.3, 0.4) is 0 Å². The van der Waals surface area contributed by atoms with Crippen LogP contribution in [-0.4, -0.2) is 50.8 Å². The van der Waals surface area contributed by atoms with Gasteiger partial charge in [0, 0.05) is 25.3 Å². The van der Waals surface area contributed by atoms with Crippen LogP contribution in [0.4, 0.5) is 10.1 Å². The first-order chi connectivity index (χ1) is 16.3. The molecule has 1 aliphatic rings. The van der Waals surface area contributed by atoms with Crippen LogP contribution in [0.15, 0.2) is 53.4 Å². The van der Waals surface area contributed by atoms with Crippen LogP contribution in [0.1, 0.15) is 42.5 Å². The summed E-state index contributed by atoms with van der Waals surface area (Å²) in [7, 11) is -3.75. The molecule has 0 aromatic heterocycles. The monoisotopic (exact) mass is 487 g/mol. The number of carbonyl (C=O) groups is 2. The molecule has 0 unspecified atom stereocenters. The Morgan fingerprint density at radius 2 is 1.74 bits per heavy atom. The van der Waals surface area contributed by atoms with Gasteiger partial charge in [-0.2, -0.15) is 9.57 Å². The maximum Gasteiger partial charge on any atom is 0.338 e. The van der Waals surface area contributed by atoms with Crippen molar-refractivity contribution in [2.24, 2.45) is 0 Å². The number of esters is 1. The minimum atomic E-state index is -3.75. The van der Waals surface area contributed by atoms with Crippen molar-refractivity contribution in [2.75, 3.05) is 31.1 Å². The van der Waals surface area contributed by atoms with Crippen molar-refractivity contribution < 1.29 is 27.1 Å². The second-order valence-corrected chi connectivity index (χ2v) is 9.79. The van der Waals surface area contributed by atoms with Crippen LogP contribution >= 0.6 is 0 Å². The van der Waals surface area contributed by atoms with Crippen molar-refractivity contribution >= 4 is 27.6 Å². The van der Waals surface area contributed by atoms with Crippen molar-refractivity contribution in [1.29, 1.82) is 5.26 Å². The predicted octanol–water partition coefficient (Wildman–Crippen LogP) is 3.49.